The van der Waals surface area contributed by atoms with Crippen LogP contribution in [0, 0.1) is 5.92 Å². The van der Waals surface area contributed by atoms with Gasteiger partial charge in [0, 0.05) is 23.6 Å². The summed E-state index contributed by atoms with van der Waals surface area (Å²) in [7, 11) is 0. The molecule has 1 saturated carbocycles. The monoisotopic (exact) mass is 399 g/mol. The Morgan fingerprint density at radius 3 is 2.37 bits per heavy atom. The average Bonchev–Trinajstić information content (AvgIpc) is 3.33. The molecule has 1 aromatic heterocycles. The van der Waals surface area contributed by atoms with Gasteiger partial charge in [0.15, 0.2) is 0 Å². The minimum absolute atomic E-state index is 0.00478. The van der Waals surface area contributed by atoms with Crippen LogP contribution in [0.2, 0.25) is 0 Å². The number of hydrogen-bond acceptors (Lipinski definition) is 3. The summed E-state index contributed by atoms with van der Waals surface area (Å²) in [5.41, 5.74) is 2.71. The van der Waals surface area contributed by atoms with Crippen LogP contribution in [0.1, 0.15) is 58.0 Å². The normalized spacial score (nSPS) is 14.8. The van der Waals surface area contributed by atoms with Gasteiger partial charge in [-0.1, -0.05) is 49.2 Å². The lowest BCUT2D eigenvalue weighted by atomic mass is 9.91. The van der Waals surface area contributed by atoms with E-state index in [1.54, 1.807) is 42.6 Å². The van der Waals surface area contributed by atoms with Crippen molar-refractivity contribution in [3.8, 4) is 0 Å². The van der Waals surface area contributed by atoms with Crippen LogP contribution in [0.4, 0.5) is 5.69 Å². The molecule has 0 spiro atoms. The van der Waals surface area contributed by atoms with E-state index in [9.17, 15) is 9.59 Å². The average molecular weight is 399 g/mol. The summed E-state index contributed by atoms with van der Waals surface area (Å²) >= 11 is 0. The van der Waals surface area contributed by atoms with Gasteiger partial charge in [-0.25, -0.2) is 0 Å². The Morgan fingerprint density at radius 2 is 1.63 bits per heavy atom. The molecule has 0 bridgehead atoms. The Hall–Kier alpha value is -3.47. The van der Waals surface area contributed by atoms with Crippen molar-refractivity contribution in [2.24, 2.45) is 5.92 Å². The van der Waals surface area contributed by atoms with Crippen molar-refractivity contribution in [3.05, 3.63) is 95.8 Å². The summed E-state index contributed by atoms with van der Waals surface area (Å²) in [5.74, 6) is 0.0619. The Kier molecular flexibility index (Phi) is 6.18. The molecule has 1 aliphatic carbocycles. The SMILES string of the molecule is O=C(Nc1cccc(C(=O)NC(c2ccccc2)C2CCCC2)c1)c1cccnc1. The molecule has 1 fully saturated rings. The zero-order chi connectivity index (χ0) is 20.8. The number of aromatic nitrogens is 1. The minimum atomic E-state index is -0.256. The van der Waals surface area contributed by atoms with Gasteiger partial charge < -0.3 is 10.6 Å². The van der Waals surface area contributed by atoms with E-state index in [-0.39, 0.29) is 17.9 Å². The van der Waals surface area contributed by atoms with Gasteiger partial charge in [0.1, 0.15) is 0 Å². The first-order valence-electron chi connectivity index (χ1n) is 10.4. The topological polar surface area (TPSA) is 71.1 Å². The molecule has 2 N–H and O–H groups in total. The quantitative estimate of drug-likeness (QED) is 0.613. The first kappa shape index (κ1) is 19.8. The van der Waals surface area contributed by atoms with Crippen LogP contribution in [0.25, 0.3) is 0 Å². The number of hydrogen-bond donors (Lipinski definition) is 2. The number of nitrogens with one attached hydrogen (secondary N) is 2. The highest BCUT2D eigenvalue weighted by molar-refractivity contribution is 6.05. The summed E-state index contributed by atoms with van der Waals surface area (Å²) in [6.07, 6.45) is 7.80. The Bertz CT molecular complexity index is 999. The fraction of sp³-hybridized carbons (Fsp3) is 0.240. The van der Waals surface area contributed by atoms with Gasteiger partial charge >= 0.3 is 0 Å². The number of pyridine rings is 1. The maximum Gasteiger partial charge on any atom is 0.257 e. The number of carbonyl (C=O) groups excluding carboxylic acids is 2. The second kappa shape index (κ2) is 9.35. The highest BCUT2D eigenvalue weighted by atomic mass is 16.2. The number of nitrogens with zero attached hydrogens (tertiary/aromatic N) is 1. The first-order valence-corrected chi connectivity index (χ1v) is 10.4. The van der Waals surface area contributed by atoms with Crippen molar-refractivity contribution in [3.63, 3.8) is 0 Å². The zero-order valence-corrected chi connectivity index (χ0v) is 16.8. The third-order valence-electron chi connectivity index (χ3n) is 5.62. The number of benzene rings is 2. The molecule has 3 aromatic rings. The third-order valence-corrected chi connectivity index (χ3v) is 5.62. The smallest absolute Gasteiger partial charge is 0.257 e. The standard InChI is InChI=1S/C25H25N3O2/c29-24(28-23(19-10-4-5-11-19)18-8-2-1-3-9-18)20-12-6-14-22(16-20)27-25(30)21-13-7-15-26-17-21/h1-3,6-9,12-17,19,23H,4-5,10-11H2,(H,27,30)(H,28,29). The van der Waals surface area contributed by atoms with Gasteiger partial charge in [0.2, 0.25) is 0 Å². The lowest BCUT2D eigenvalue weighted by Gasteiger charge is -2.25. The van der Waals surface area contributed by atoms with Gasteiger partial charge in [-0.05, 0) is 54.7 Å². The molecular formula is C25H25N3O2. The van der Waals surface area contributed by atoms with Crippen LogP contribution in [-0.4, -0.2) is 16.8 Å². The lowest BCUT2D eigenvalue weighted by molar-refractivity contribution is 0.0920. The fourth-order valence-electron chi connectivity index (χ4n) is 4.09. The molecule has 152 valence electrons. The van der Waals surface area contributed by atoms with Crippen molar-refractivity contribution in [2.45, 2.75) is 31.7 Å². The van der Waals surface area contributed by atoms with Crippen LogP contribution in [0.5, 0.6) is 0 Å². The van der Waals surface area contributed by atoms with E-state index in [1.165, 1.54) is 19.0 Å². The summed E-state index contributed by atoms with van der Waals surface area (Å²) in [4.78, 5) is 29.4. The Morgan fingerprint density at radius 1 is 0.867 bits per heavy atom. The highest BCUT2D eigenvalue weighted by Gasteiger charge is 2.28. The summed E-state index contributed by atoms with van der Waals surface area (Å²) in [5, 5.41) is 6.08. The molecular weight excluding hydrogens is 374 g/mol. The van der Waals surface area contributed by atoms with Crippen LogP contribution in [0.3, 0.4) is 0 Å². The molecule has 4 rings (SSSR count). The molecule has 1 unspecified atom stereocenters. The van der Waals surface area contributed by atoms with E-state index in [0.29, 0.717) is 22.7 Å². The zero-order valence-electron chi connectivity index (χ0n) is 16.8. The summed E-state index contributed by atoms with van der Waals surface area (Å²) < 4.78 is 0. The maximum absolute atomic E-state index is 13.1. The van der Waals surface area contributed by atoms with Crippen molar-refractivity contribution in [1.29, 1.82) is 0 Å². The molecule has 0 radical (unpaired) electrons. The summed E-state index contributed by atoms with van der Waals surface area (Å²) in [6, 6.07) is 20.6. The number of anilines is 1. The van der Waals surface area contributed by atoms with Crippen LogP contribution in [0.15, 0.2) is 79.1 Å². The molecule has 2 amide bonds. The van der Waals surface area contributed by atoms with Gasteiger partial charge in [-0.15, -0.1) is 0 Å². The molecule has 5 heteroatoms. The minimum Gasteiger partial charge on any atom is -0.345 e. The number of amides is 2. The van der Waals surface area contributed by atoms with Gasteiger partial charge in [-0.2, -0.15) is 0 Å². The molecule has 30 heavy (non-hydrogen) atoms. The maximum atomic E-state index is 13.1. The first-order chi connectivity index (χ1) is 14.7. The molecule has 0 saturated heterocycles. The Labute approximate surface area is 176 Å². The van der Waals surface area contributed by atoms with E-state index in [2.05, 4.69) is 27.8 Å². The highest BCUT2D eigenvalue weighted by Crippen LogP contribution is 2.35. The van der Waals surface area contributed by atoms with Gasteiger partial charge in [0.05, 0.1) is 11.6 Å². The second-order valence-electron chi connectivity index (χ2n) is 7.68. The molecule has 1 aliphatic rings. The third kappa shape index (κ3) is 4.74. The molecule has 1 atom stereocenters. The van der Waals surface area contributed by atoms with E-state index in [4.69, 9.17) is 0 Å². The predicted octanol–water partition coefficient (Wildman–Crippen LogP) is 5.00. The Balaban J connectivity index is 1.49. The molecule has 1 heterocycles. The van der Waals surface area contributed by atoms with E-state index in [0.717, 1.165) is 18.4 Å². The second-order valence-corrected chi connectivity index (χ2v) is 7.68. The van der Waals surface area contributed by atoms with E-state index in [1.807, 2.05) is 18.2 Å². The summed E-state index contributed by atoms with van der Waals surface area (Å²) in [6.45, 7) is 0. The van der Waals surface area contributed by atoms with E-state index >= 15 is 0 Å². The number of carbonyl (C=O) groups is 2. The number of rotatable bonds is 6. The largest absolute Gasteiger partial charge is 0.345 e. The van der Waals surface area contributed by atoms with Gasteiger partial charge in [0.25, 0.3) is 11.8 Å². The van der Waals surface area contributed by atoms with Crippen LogP contribution >= 0.6 is 0 Å². The fourth-order valence-corrected chi connectivity index (χ4v) is 4.09. The molecule has 0 aliphatic heterocycles. The lowest BCUT2D eigenvalue weighted by Crippen LogP contribution is -2.32. The molecule has 5 nitrogen and oxygen atoms in total. The van der Waals surface area contributed by atoms with Gasteiger partial charge in [-0.3, -0.25) is 14.6 Å². The van der Waals surface area contributed by atoms with Crippen molar-refractivity contribution in [2.75, 3.05) is 5.32 Å². The van der Waals surface area contributed by atoms with Crippen LogP contribution < -0.4 is 10.6 Å². The van der Waals surface area contributed by atoms with Crippen molar-refractivity contribution < 1.29 is 9.59 Å². The predicted molar refractivity (Wildman–Crippen MR) is 117 cm³/mol. The molecule has 2 aromatic carbocycles. The van der Waals surface area contributed by atoms with Crippen LogP contribution in [-0.2, 0) is 0 Å². The van der Waals surface area contributed by atoms with E-state index < -0.39 is 0 Å². The van der Waals surface area contributed by atoms with Crippen molar-refractivity contribution in [1.82, 2.24) is 10.3 Å². The van der Waals surface area contributed by atoms with Crippen molar-refractivity contribution >= 4 is 17.5 Å².